The van der Waals surface area contributed by atoms with Gasteiger partial charge in [-0.1, -0.05) is 23.2 Å². The Morgan fingerprint density at radius 1 is 1.29 bits per heavy atom. The quantitative estimate of drug-likeness (QED) is 0.727. The number of thioether (sulfide) groups is 2. The lowest BCUT2D eigenvalue weighted by molar-refractivity contribution is 0.217. The van der Waals surface area contributed by atoms with Crippen LogP contribution < -0.4 is 0 Å². The molecule has 3 heterocycles. The highest BCUT2D eigenvalue weighted by Gasteiger charge is 2.56. The molecule has 2 amide bonds. The van der Waals surface area contributed by atoms with E-state index in [-0.39, 0.29) is 16.2 Å². The molecule has 3 aliphatic rings. The van der Waals surface area contributed by atoms with Crippen molar-refractivity contribution in [2.75, 3.05) is 5.75 Å². The normalized spacial score (nSPS) is 30.4. The molecule has 3 nitrogen and oxygen atoms in total. The summed E-state index contributed by atoms with van der Waals surface area (Å²) < 4.78 is -0.351. The van der Waals surface area contributed by atoms with E-state index in [0.717, 1.165) is 23.4 Å². The average molecular weight is 357 g/mol. The Hall–Kier alpha value is -0.620. The Balaban J connectivity index is 1.94. The Morgan fingerprint density at radius 2 is 2.05 bits per heavy atom. The summed E-state index contributed by atoms with van der Waals surface area (Å²) in [4.78, 5) is 18.2. The van der Waals surface area contributed by atoms with E-state index in [9.17, 15) is 4.79 Å². The van der Waals surface area contributed by atoms with Crippen LogP contribution in [0.4, 0.5) is 4.79 Å². The number of carbonyl (C=O) groups is 1. The Bertz CT molecular complexity index is 686. The zero-order chi connectivity index (χ0) is 14.6. The van der Waals surface area contributed by atoms with Crippen LogP contribution in [0.2, 0.25) is 10.0 Å². The number of hydrogen-bond donors (Lipinski definition) is 0. The number of urea groups is 1. The summed E-state index contributed by atoms with van der Waals surface area (Å²) in [6.45, 7) is 0. The predicted molar refractivity (Wildman–Crippen MR) is 90.4 cm³/mol. The lowest BCUT2D eigenvalue weighted by atomic mass is 9.89. The van der Waals surface area contributed by atoms with Crippen molar-refractivity contribution in [3.8, 4) is 0 Å². The first-order chi connectivity index (χ1) is 10.1. The second-order valence-electron chi connectivity index (χ2n) is 5.01. The number of carbonyl (C=O) groups excluding carboxylic acids is 1. The first kappa shape index (κ1) is 14.0. The van der Waals surface area contributed by atoms with Crippen LogP contribution in [-0.2, 0) is 4.75 Å². The van der Waals surface area contributed by atoms with E-state index >= 15 is 0 Å². The smallest absolute Gasteiger partial charge is 0.284 e. The first-order valence-electron chi connectivity index (χ1n) is 6.44. The van der Waals surface area contributed by atoms with E-state index in [0.29, 0.717) is 10.0 Å². The minimum Gasteiger partial charge on any atom is -0.284 e. The van der Waals surface area contributed by atoms with E-state index in [1.165, 1.54) is 0 Å². The van der Waals surface area contributed by atoms with E-state index in [1.54, 1.807) is 22.7 Å². The number of aliphatic imine (C=N–C) groups is 1. The summed E-state index contributed by atoms with van der Waals surface area (Å²) in [5, 5.41) is 3.16. The molecule has 0 spiro atoms. The summed E-state index contributed by atoms with van der Waals surface area (Å²) >= 11 is 15.9. The number of amides is 2. The number of halogens is 2. The highest BCUT2D eigenvalue weighted by molar-refractivity contribution is 8.06. The van der Waals surface area contributed by atoms with Crippen molar-refractivity contribution in [2.45, 2.75) is 16.5 Å². The van der Waals surface area contributed by atoms with Crippen LogP contribution in [0.3, 0.4) is 0 Å². The van der Waals surface area contributed by atoms with Crippen LogP contribution >= 0.6 is 46.7 Å². The van der Waals surface area contributed by atoms with E-state index in [4.69, 9.17) is 23.2 Å². The van der Waals surface area contributed by atoms with Crippen molar-refractivity contribution in [3.63, 3.8) is 0 Å². The summed E-state index contributed by atoms with van der Waals surface area (Å²) in [6, 6.07) is 5.43. The van der Waals surface area contributed by atoms with Gasteiger partial charge in [0.2, 0.25) is 0 Å². The molecule has 0 bridgehead atoms. The Morgan fingerprint density at radius 3 is 2.81 bits per heavy atom. The minimum absolute atomic E-state index is 0.0143. The molecule has 0 aromatic heterocycles. The maximum atomic E-state index is 12.1. The van der Waals surface area contributed by atoms with Crippen molar-refractivity contribution in [1.82, 2.24) is 4.90 Å². The van der Waals surface area contributed by atoms with Gasteiger partial charge in [0.05, 0.1) is 0 Å². The van der Waals surface area contributed by atoms with Crippen molar-refractivity contribution < 1.29 is 4.79 Å². The number of fused-ring (bicyclic) bond motifs is 3. The second kappa shape index (κ2) is 4.95. The number of nitrogens with zero attached hydrogens (tertiary/aromatic N) is 2. The molecule has 0 saturated carbocycles. The molecule has 4 rings (SSSR count). The molecule has 0 aliphatic carbocycles. The van der Waals surface area contributed by atoms with Gasteiger partial charge in [-0.3, -0.25) is 4.90 Å². The third-order valence-corrected chi connectivity index (χ3v) is 7.13. The largest absolute Gasteiger partial charge is 0.348 e. The third kappa shape index (κ3) is 1.98. The number of rotatable bonds is 1. The van der Waals surface area contributed by atoms with Gasteiger partial charge in [-0.05, 0) is 41.3 Å². The maximum Gasteiger partial charge on any atom is 0.348 e. The molecule has 0 radical (unpaired) electrons. The van der Waals surface area contributed by atoms with Gasteiger partial charge in [0.1, 0.15) is 10.1 Å². The topological polar surface area (TPSA) is 32.7 Å². The lowest BCUT2D eigenvalue weighted by Crippen LogP contribution is -2.51. The number of hydrogen-bond acceptors (Lipinski definition) is 3. The molecule has 108 valence electrons. The highest BCUT2D eigenvalue weighted by atomic mass is 35.5. The first-order valence-corrected chi connectivity index (χ1v) is 9.13. The summed E-state index contributed by atoms with van der Waals surface area (Å²) in [7, 11) is 0. The zero-order valence-electron chi connectivity index (χ0n) is 10.8. The molecule has 0 N–H and O–H groups in total. The average Bonchev–Trinajstić information content (AvgIpc) is 3.03. The van der Waals surface area contributed by atoms with Crippen LogP contribution in [0.25, 0.3) is 0 Å². The molecule has 2 unspecified atom stereocenters. The molecule has 1 fully saturated rings. The van der Waals surface area contributed by atoms with Crippen LogP contribution in [0.1, 0.15) is 12.0 Å². The van der Waals surface area contributed by atoms with Gasteiger partial charge >= 0.3 is 6.03 Å². The minimum atomic E-state index is -0.351. The molecule has 7 heteroatoms. The zero-order valence-corrected chi connectivity index (χ0v) is 13.9. The molecule has 2 atom stereocenters. The van der Waals surface area contributed by atoms with Crippen molar-refractivity contribution in [3.05, 3.63) is 45.4 Å². The Labute approximate surface area is 140 Å². The van der Waals surface area contributed by atoms with Crippen LogP contribution in [0.5, 0.6) is 0 Å². The van der Waals surface area contributed by atoms with Gasteiger partial charge in [-0.25, -0.2) is 9.79 Å². The standard InChI is InChI=1S/C14H10Cl2N2OS2/c15-9-5-8(6-10(16)7-9)14-11(1-3-21-14)17-13(19)18-2-4-20-12(14)18/h2,4-7,12H,1,3H2. The molecule has 1 saturated heterocycles. The fourth-order valence-corrected chi connectivity index (χ4v) is 6.51. The predicted octanol–water partition coefficient (Wildman–Crippen LogP) is 4.75. The van der Waals surface area contributed by atoms with E-state index in [1.807, 2.05) is 35.5 Å². The summed E-state index contributed by atoms with van der Waals surface area (Å²) in [5.41, 5.74) is 1.97. The van der Waals surface area contributed by atoms with Gasteiger partial charge in [-0.15, -0.1) is 23.5 Å². The molecular formula is C14H10Cl2N2OS2. The summed E-state index contributed by atoms with van der Waals surface area (Å²) in [6.07, 6.45) is 2.64. The van der Waals surface area contributed by atoms with Crippen molar-refractivity contribution in [1.29, 1.82) is 0 Å². The second-order valence-corrected chi connectivity index (χ2v) is 8.22. The monoisotopic (exact) mass is 356 g/mol. The fourth-order valence-electron chi connectivity index (χ4n) is 3.04. The van der Waals surface area contributed by atoms with Gasteiger partial charge < -0.3 is 0 Å². The van der Waals surface area contributed by atoms with Gasteiger partial charge in [0.15, 0.2) is 0 Å². The molecule has 1 aromatic rings. The number of benzene rings is 1. The maximum absolute atomic E-state index is 12.1. The van der Waals surface area contributed by atoms with Crippen molar-refractivity contribution in [2.24, 2.45) is 4.99 Å². The van der Waals surface area contributed by atoms with Crippen LogP contribution in [-0.4, -0.2) is 27.8 Å². The van der Waals surface area contributed by atoms with Gasteiger partial charge in [0.25, 0.3) is 0 Å². The molecule has 21 heavy (non-hydrogen) atoms. The lowest BCUT2D eigenvalue weighted by Gasteiger charge is -2.41. The Kier molecular flexibility index (Phi) is 3.30. The van der Waals surface area contributed by atoms with Crippen LogP contribution in [0.15, 0.2) is 34.8 Å². The van der Waals surface area contributed by atoms with Gasteiger partial charge in [-0.2, -0.15) is 0 Å². The summed E-state index contributed by atoms with van der Waals surface area (Å²) in [5.74, 6) is 0.946. The molecular weight excluding hydrogens is 347 g/mol. The SMILES string of the molecule is O=C1N=C2CCSC2(c2cc(Cl)cc(Cl)c2)C2SC=CN12. The van der Waals surface area contributed by atoms with Crippen molar-refractivity contribution >= 4 is 58.5 Å². The van der Waals surface area contributed by atoms with Crippen LogP contribution in [0, 0.1) is 0 Å². The van der Waals surface area contributed by atoms with E-state index < -0.39 is 0 Å². The molecule has 1 aromatic carbocycles. The third-order valence-electron chi connectivity index (χ3n) is 3.87. The van der Waals surface area contributed by atoms with E-state index in [2.05, 4.69) is 4.99 Å². The highest BCUT2D eigenvalue weighted by Crippen LogP contribution is 2.56. The molecule has 3 aliphatic heterocycles. The fraction of sp³-hybridized carbons (Fsp3) is 0.286. The van der Waals surface area contributed by atoms with Gasteiger partial charge in [0, 0.05) is 22.0 Å².